The largest absolute Gasteiger partial charge is 0.357 e. The Morgan fingerprint density at radius 1 is 1.38 bits per heavy atom. The lowest BCUT2D eigenvalue weighted by atomic mass is 9.83. The van der Waals surface area contributed by atoms with Gasteiger partial charge in [0.2, 0.25) is 10.1 Å². The second-order valence-electron chi connectivity index (χ2n) is 5.89. The molecule has 1 aliphatic carbocycles. The van der Waals surface area contributed by atoms with Crippen LogP contribution in [0.2, 0.25) is 0 Å². The fourth-order valence-electron chi connectivity index (χ4n) is 3.06. The second-order valence-corrected chi connectivity index (χ2v) is 6.84. The van der Waals surface area contributed by atoms with Crippen molar-refractivity contribution in [1.82, 2.24) is 14.6 Å². The molecule has 0 aliphatic heterocycles. The van der Waals surface area contributed by atoms with Crippen LogP contribution in [0.15, 0.2) is 17.1 Å². The molecule has 1 saturated carbocycles. The first-order valence-electron chi connectivity index (χ1n) is 7.87. The number of fused-ring (bicyclic) bond motifs is 1. The van der Waals surface area contributed by atoms with Crippen molar-refractivity contribution >= 4 is 21.4 Å². The van der Waals surface area contributed by atoms with Crippen LogP contribution in [0, 0.1) is 5.92 Å². The van der Waals surface area contributed by atoms with Gasteiger partial charge in [0.15, 0.2) is 0 Å². The Balaban J connectivity index is 1.59. The van der Waals surface area contributed by atoms with Crippen molar-refractivity contribution in [2.45, 2.75) is 57.9 Å². The zero-order valence-corrected chi connectivity index (χ0v) is 13.2. The first kappa shape index (κ1) is 14.5. The molecule has 6 heteroatoms. The van der Waals surface area contributed by atoms with Crippen molar-refractivity contribution < 1.29 is 0 Å². The van der Waals surface area contributed by atoms with Crippen molar-refractivity contribution in [3.05, 3.63) is 22.6 Å². The number of hydrogen-bond acceptors (Lipinski definition) is 5. The number of hydrogen-bond donors (Lipinski definition) is 1. The van der Waals surface area contributed by atoms with Gasteiger partial charge in [-0.05, 0) is 31.6 Å². The molecule has 2 aromatic heterocycles. The number of aromatic nitrogens is 3. The smallest absolute Gasteiger partial charge is 0.275 e. The summed E-state index contributed by atoms with van der Waals surface area (Å²) in [7, 11) is 0. The molecule has 0 atom stereocenters. The topological polar surface area (TPSA) is 59.3 Å². The van der Waals surface area contributed by atoms with E-state index >= 15 is 0 Å². The molecule has 1 N–H and O–H groups in total. The lowest BCUT2D eigenvalue weighted by Crippen LogP contribution is -2.26. The summed E-state index contributed by atoms with van der Waals surface area (Å²) in [6.07, 6.45) is 10.6. The van der Waals surface area contributed by atoms with Gasteiger partial charge in [0, 0.05) is 18.3 Å². The van der Waals surface area contributed by atoms with Crippen LogP contribution in [0.3, 0.4) is 0 Å². The first-order chi connectivity index (χ1) is 10.3. The molecule has 2 heterocycles. The molecule has 3 rings (SSSR count). The van der Waals surface area contributed by atoms with Crippen molar-refractivity contribution in [1.29, 1.82) is 0 Å². The molecule has 0 bridgehead atoms. The van der Waals surface area contributed by atoms with Gasteiger partial charge in [-0.1, -0.05) is 37.5 Å². The first-order valence-corrected chi connectivity index (χ1v) is 8.69. The quantitative estimate of drug-likeness (QED) is 0.920. The SMILES string of the molecule is CCCCC1CCC(Nc2nn3c(=O)ccnc3s2)CC1. The highest BCUT2D eigenvalue weighted by Gasteiger charge is 2.21. The molecule has 0 radical (unpaired) electrons. The van der Waals surface area contributed by atoms with Crippen molar-refractivity contribution in [3.8, 4) is 0 Å². The van der Waals surface area contributed by atoms with Crippen molar-refractivity contribution in [3.63, 3.8) is 0 Å². The normalized spacial score (nSPS) is 22.5. The lowest BCUT2D eigenvalue weighted by molar-refractivity contribution is 0.314. The Bertz CT molecular complexity index is 642. The summed E-state index contributed by atoms with van der Waals surface area (Å²) in [5.74, 6) is 0.905. The van der Waals surface area contributed by atoms with Gasteiger partial charge in [-0.2, -0.15) is 4.52 Å². The molecule has 21 heavy (non-hydrogen) atoms. The van der Waals surface area contributed by atoms with E-state index in [1.54, 1.807) is 6.20 Å². The van der Waals surface area contributed by atoms with Gasteiger partial charge in [-0.25, -0.2) is 4.98 Å². The number of anilines is 1. The maximum atomic E-state index is 11.7. The Morgan fingerprint density at radius 3 is 2.90 bits per heavy atom. The molecule has 0 aromatic carbocycles. The number of unbranched alkanes of at least 4 members (excludes halogenated alkanes) is 1. The second kappa shape index (κ2) is 6.56. The van der Waals surface area contributed by atoms with Crippen LogP contribution in [0.4, 0.5) is 5.13 Å². The van der Waals surface area contributed by atoms with Crippen LogP contribution in [-0.2, 0) is 0 Å². The maximum absolute atomic E-state index is 11.7. The number of rotatable bonds is 5. The minimum absolute atomic E-state index is 0.118. The molecule has 1 fully saturated rings. The Labute approximate surface area is 128 Å². The summed E-state index contributed by atoms with van der Waals surface area (Å²) in [5.41, 5.74) is -0.118. The Hall–Kier alpha value is -1.43. The van der Waals surface area contributed by atoms with E-state index in [1.807, 2.05) is 0 Å². The van der Waals surface area contributed by atoms with Crippen molar-refractivity contribution in [2.24, 2.45) is 5.92 Å². The van der Waals surface area contributed by atoms with Crippen molar-refractivity contribution in [2.75, 3.05) is 5.32 Å². The van der Waals surface area contributed by atoms with Gasteiger partial charge in [-0.15, -0.1) is 5.10 Å². The van der Waals surface area contributed by atoms with E-state index in [4.69, 9.17) is 0 Å². The fraction of sp³-hybridized carbons (Fsp3) is 0.667. The van der Waals surface area contributed by atoms with E-state index in [-0.39, 0.29) is 5.56 Å². The van der Waals surface area contributed by atoms with Crippen LogP contribution in [0.25, 0.3) is 4.96 Å². The number of nitrogens with one attached hydrogen (secondary N) is 1. The van der Waals surface area contributed by atoms with Gasteiger partial charge in [-0.3, -0.25) is 4.79 Å². The minimum atomic E-state index is -0.118. The Morgan fingerprint density at radius 2 is 2.19 bits per heavy atom. The average Bonchev–Trinajstić information content (AvgIpc) is 2.91. The van der Waals surface area contributed by atoms with Crippen LogP contribution in [-0.4, -0.2) is 20.6 Å². The molecule has 114 valence electrons. The summed E-state index contributed by atoms with van der Waals surface area (Å²) >= 11 is 1.45. The summed E-state index contributed by atoms with van der Waals surface area (Å²) in [6.45, 7) is 2.26. The highest BCUT2D eigenvalue weighted by molar-refractivity contribution is 7.20. The van der Waals surface area contributed by atoms with Gasteiger partial charge >= 0.3 is 0 Å². The summed E-state index contributed by atoms with van der Waals surface area (Å²) in [4.78, 5) is 16.5. The Kier molecular flexibility index (Phi) is 4.53. The maximum Gasteiger partial charge on any atom is 0.275 e. The van der Waals surface area contributed by atoms with Gasteiger partial charge < -0.3 is 5.32 Å². The molecule has 0 saturated heterocycles. The van der Waals surface area contributed by atoms with E-state index < -0.39 is 0 Å². The molecule has 5 nitrogen and oxygen atoms in total. The fourth-order valence-corrected chi connectivity index (χ4v) is 3.92. The van der Waals surface area contributed by atoms with Gasteiger partial charge in [0.05, 0.1) is 0 Å². The van der Waals surface area contributed by atoms with E-state index in [0.29, 0.717) is 11.0 Å². The summed E-state index contributed by atoms with van der Waals surface area (Å²) < 4.78 is 1.37. The zero-order chi connectivity index (χ0) is 14.7. The van der Waals surface area contributed by atoms with Crippen LogP contribution in [0.1, 0.15) is 51.9 Å². The highest BCUT2D eigenvalue weighted by atomic mass is 32.1. The monoisotopic (exact) mass is 306 g/mol. The van der Waals surface area contributed by atoms with Crippen LogP contribution in [0.5, 0.6) is 0 Å². The molecule has 0 unspecified atom stereocenters. The standard InChI is InChI=1S/C15H22N4OS/c1-2-3-4-11-5-7-12(8-6-11)17-14-18-19-13(20)9-10-16-15(19)21-14/h9-12H,2-8H2,1H3,(H,17,18). The predicted molar refractivity (Wildman–Crippen MR) is 86.0 cm³/mol. The van der Waals surface area contributed by atoms with Crippen LogP contribution >= 0.6 is 11.3 Å². The molecule has 0 spiro atoms. The van der Waals surface area contributed by atoms with Gasteiger partial charge in [0.1, 0.15) is 0 Å². The third-order valence-electron chi connectivity index (χ3n) is 4.31. The highest BCUT2D eigenvalue weighted by Crippen LogP contribution is 2.30. The summed E-state index contributed by atoms with van der Waals surface area (Å²) in [5, 5.41) is 8.61. The van der Waals surface area contributed by atoms with E-state index in [0.717, 1.165) is 11.0 Å². The molecule has 2 aromatic rings. The predicted octanol–water partition coefficient (Wildman–Crippen LogP) is 3.31. The number of nitrogens with zero attached hydrogens (tertiary/aromatic N) is 3. The summed E-state index contributed by atoms with van der Waals surface area (Å²) in [6, 6.07) is 1.93. The minimum Gasteiger partial charge on any atom is -0.357 e. The molecule has 0 amide bonds. The van der Waals surface area contributed by atoms with E-state index in [2.05, 4.69) is 22.3 Å². The van der Waals surface area contributed by atoms with E-state index in [9.17, 15) is 4.79 Å². The van der Waals surface area contributed by atoms with Crippen LogP contribution < -0.4 is 10.9 Å². The average molecular weight is 306 g/mol. The van der Waals surface area contributed by atoms with Gasteiger partial charge in [0.25, 0.3) is 5.56 Å². The molecular weight excluding hydrogens is 284 g/mol. The molecular formula is C15H22N4OS. The van der Waals surface area contributed by atoms with E-state index in [1.165, 1.54) is 66.9 Å². The third-order valence-corrected chi connectivity index (χ3v) is 5.16. The molecule has 1 aliphatic rings. The zero-order valence-electron chi connectivity index (χ0n) is 12.4. The lowest BCUT2D eigenvalue weighted by Gasteiger charge is -2.28. The third kappa shape index (κ3) is 3.43.